The summed E-state index contributed by atoms with van der Waals surface area (Å²) in [5.41, 5.74) is 15.0. The van der Waals surface area contributed by atoms with Gasteiger partial charge in [0.15, 0.2) is 5.16 Å². The van der Waals surface area contributed by atoms with Crippen LogP contribution in [0.5, 0.6) is 5.75 Å². The SMILES string of the molecule is Cc1cc2c(cc1Sc1nc3c(n1CCN)NCN=C3N)OCC2. The Balaban J connectivity index is 1.74. The molecule has 1 aromatic carbocycles. The number of aryl methyl sites for hydroxylation is 1. The van der Waals surface area contributed by atoms with Crippen LogP contribution in [0, 0.1) is 6.92 Å². The molecule has 8 heteroatoms. The number of benzene rings is 1. The van der Waals surface area contributed by atoms with Crippen LogP contribution in [0.4, 0.5) is 5.82 Å². The molecule has 0 unspecified atom stereocenters. The molecule has 4 rings (SSSR count). The Labute approximate surface area is 144 Å². The van der Waals surface area contributed by atoms with Crippen LogP contribution in [-0.4, -0.2) is 35.2 Å². The van der Waals surface area contributed by atoms with Crippen LogP contribution in [0.25, 0.3) is 0 Å². The summed E-state index contributed by atoms with van der Waals surface area (Å²) in [6.07, 6.45) is 0.980. The minimum absolute atomic E-state index is 0.463. The van der Waals surface area contributed by atoms with Crippen molar-refractivity contribution in [2.24, 2.45) is 16.5 Å². The Morgan fingerprint density at radius 2 is 2.29 bits per heavy atom. The number of aromatic nitrogens is 2. The first kappa shape index (κ1) is 15.3. The Morgan fingerprint density at radius 1 is 1.42 bits per heavy atom. The smallest absolute Gasteiger partial charge is 0.175 e. The van der Waals surface area contributed by atoms with E-state index in [4.69, 9.17) is 21.2 Å². The zero-order chi connectivity index (χ0) is 16.7. The predicted molar refractivity (Wildman–Crippen MR) is 95.0 cm³/mol. The van der Waals surface area contributed by atoms with E-state index in [-0.39, 0.29) is 0 Å². The molecule has 0 amide bonds. The van der Waals surface area contributed by atoms with Gasteiger partial charge in [-0.1, -0.05) is 17.8 Å². The van der Waals surface area contributed by atoms with Gasteiger partial charge in [-0.25, -0.2) is 9.98 Å². The van der Waals surface area contributed by atoms with Crippen LogP contribution in [0.3, 0.4) is 0 Å². The number of nitrogens with two attached hydrogens (primary N) is 2. The van der Waals surface area contributed by atoms with Crippen LogP contribution in [0.1, 0.15) is 16.8 Å². The lowest BCUT2D eigenvalue weighted by atomic mass is 10.1. The molecule has 0 aliphatic carbocycles. The molecular weight excluding hydrogens is 324 g/mol. The van der Waals surface area contributed by atoms with Crippen molar-refractivity contribution in [1.82, 2.24) is 9.55 Å². The minimum atomic E-state index is 0.463. The van der Waals surface area contributed by atoms with E-state index >= 15 is 0 Å². The zero-order valence-electron chi connectivity index (χ0n) is 13.5. The number of hydrogen-bond acceptors (Lipinski definition) is 7. The molecular formula is C16H20N6OS. The molecule has 2 aliphatic rings. The molecule has 0 saturated heterocycles. The average Bonchev–Trinajstić information content (AvgIpc) is 3.14. The van der Waals surface area contributed by atoms with Crippen molar-refractivity contribution in [3.05, 3.63) is 29.0 Å². The molecule has 0 saturated carbocycles. The molecule has 0 spiro atoms. The number of fused-ring (bicyclic) bond motifs is 2. The number of hydrogen-bond donors (Lipinski definition) is 3. The maximum Gasteiger partial charge on any atom is 0.175 e. The molecule has 0 fully saturated rings. The van der Waals surface area contributed by atoms with Crippen molar-refractivity contribution >= 4 is 23.4 Å². The molecule has 0 radical (unpaired) electrons. The Hall–Kier alpha value is -2.19. The molecule has 0 atom stereocenters. The van der Waals surface area contributed by atoms with E-state index < -0.39 is 0 Å². The number of amidine groups is 1. The first-order valence-corrected chi connectivity index (χ1v) is 8.78. The summed E-state index contributed by atoms with van der Waals surface area (Å²) in [6, 6.07) is 4.31. The number of nitrogens with one attached hydrogen (secondary N) is 1. The summed E-state index contributed by atoms with van der Waals surface area (Å²) >= 11 is 1.61. The first-order valence-electron chi connectivity index (χ1n) is 7.96. The zero-order valence-corrected chi connectivity index (χ0v) is 14.3. The van der Waals surface area contributed by atoms with E-state index in [1.807, 2.05) is 0 Å². The maximum atomic E-state index is 6.00. The fourth-order valence-electron chi connectivity index (χ4n) is 3.02. The van der Waals surface area contributed by atoms with Crippen LogP contribution < -0.4 is 21.5 Å². The quantitative estimate of drug-likeness (QED) is 0.773. The standard InChI is InChI=1S/C16H20N6OS/c1-9-6-10-2-5-23-11(10)7-12(9)24-16-21-13-14(18)19-8-20-15(13)22(16)4-3-17/h6-7,20H,2-5,8,17H2,1H3,(H2,18,19). The predicted octanol–water partition coefficient (Wildman–Crippen LogP) is 1.32. The first-order chi connectivity index (χ1) is 11.7. The number of aliphatic imine (C=N–C) groups is 1. The van der Waals surface area contributed by atoms with Gasteiger partial charge in [0.1, 0.15) is 29.8 Å². The summed E-state index contributed by atoms with van der Waals surface area (Å²) in [7, 11) is 0. The summed E-state index contributed by atoms with van der Waals surface area (Å²) in [4.78, 5) is 10.0. The number of nitrogens with zero attached hydrogens (tertiary/aromatic N) is 3. The van der Waals surface area contributed by atoms with Crippen molar-refractivity contribution in [2.75, 3.05) is 25.1 Å². The van der Waals surface area contributed by atoms with E-state index in [1.165, 1.54) is 11.1 Å². The lowest BCUT2D eigenvalue weighted by Gasteiger charge is -2.15. The van der Waals surface area contributed by atoms with Crippen molar-refractivity contribution in [3.8, 4) is 5.75 Å². The highest BCUT2D eigenvalue weighted by atomic mass is 32.2. The minimum Gasteiger partial charge on any atom is -0.493 e. The van der Waals surface area contributed by atoms with Gasteiger partial charge in [-0.3, -0.25) is 0 Å². The van der Waals surface area contributed by atoms with E-state index in [2.05, 4.69) is 33.9 Å². The van der Waals surface area contributed by atoms with Crippen molar-refractivity contribution in [3.63, 3.8) is 0 Å². The second-order valence-corrected chi connectivity index (χ2v) is 6.85. The number of rotatable bonds is 4. The summed E-state index contributed by atoms with van der Waals surface area (Å²) in [5, 5.41) is 4.11. The second-order valence-electron chi connectivity index (χ2n) is 5.84. The third kappa shape index (κ3) is 2.51. The van der Waals surface area contributed by atoms with Crippen LogP contribution in [0.15, 0.2) is 27.2 Å². The largest absolute Gasteiger partial charge is 0.493 e. The van der Waals surface area contributed by atoms with Crippen molar-refractivity contribution in [2.45, 2.75) is 29.9 Å². The Kier molecular flexibility index (Phi) is 3.85. The van der Waals surface area contributed by atoms with E-state index in [9.17, 15) is 0 Å². The van der Waals surface area contributed by atoms with Crippen molar-refractivity contribution in [1.29, 1.82) is 0 Å². The molecule has 126 valence electrons. The highest BCUT2D eigenvalue weighted by molar-refractivity contribution is 7.99. The van der Waals surface area contributed by atoms with E-state index in [1.54, 1.807) is 11.8 Å². The number of anilines is 1. The third-order valence-corrected chi connectivity index (χ3v) is 5.37. The molecule has 1 aromatic heterocycles. The number of ether oxygens (including phenoxy) is 1. The fourth-order valence-corrected chi connectivity index (χ4v) is 4.03. The topological polar surface area (TPSA) is 103 Å². The van der Waals surface area contributed by atoms with Gasteiger partial charge in [-0.15, -0.1) is 0 Å². The summed E-state index contributed by atoms with van der Waals surface area (Å²) in [6.45, 7) is 4.54. The molecule has 0 bridgehead atoms. The average molecular weight is 344 g/mol. The molecule has 24 heavy (non-hydrogen) atoms. The van der Waals surface area contributed by atoms with Gasteiger partial charge in [-0.2, -0.15) is 0 Å². The van der Waals surface area contributed by atoms with Gasteiger partial charge in [0.05, 0.1) is 6.61 Å². The van der Waals surface area contributed by atoms with Gasteiger partial charge < -0.3 is 26.1 Å². The van der Waals surface area contributed by atoms with Gasteiger partial charge in [0.25, 0.3) is 0 Å². The van der Waals surface area contributed by atoms with Crippen LogP contribution in [0.2, 0.25) is 0 Å². The van der Waals surface area contributed by atoms with Gasteiger partial charge in [0.2, 0.25) is 0 Å². The van der Waals surface area contributed by atoms with Gasteiger partial charge in [-0.05, 0) is 24.1 Å². The summed E-state index contributed by atoms with van der Waals surface area (Å²) in [5.74, 6) is 2.34. The fraction of sp³-hybridized carbons (Fsp3) is 0.375. The Bertz CT molecular complexity index is 828. The highest BCUT2D eigenvalue weighted by Gasteiger charge is 2.23. The third-order valence-electron chi connectivity index (χ3n) is 4.21. The van der Waals surface area contributed by atoms with Crippen LogP contribution >= 0.6 is 11.8 Å². The van der Waals surface area contributed by atoms with Gasteiger partial charge >= 0.3 is 0 Å². The lowest BCUT2D eigenvalue weighted by molar-refractivity contribution is 0.356. The monoisotopic (exact) mass is 344 g/mol. The molecule has 2 aliphatic heterocycles. The maximum absolute atomic E-state index is 6.00. The molecule has 5 N–H and O–H groups in total. The lowest BCUT2D eigenvalue weighted by Crippen LogP contribution is -2.24. The Morgan fingerprint density at radius 3 is 3.12 bits per heavy atom. The molecule has 3 heterocycles. The highest BCUT2D eigenvalue weighted by Crippen LogP contribution is 2.38. The van der Waals surface area contributed by atoms with Crippen molar-refractivity contribution < 1.29 is 4.74 Å². The van der Waals surface area contributed by atoms with E-state index in [0.29, 0.717) is 31.3 Å². The second kappa shape index (κ2) is 6.03. The normalized spacial score (nSPS) is 15.3. The molecule has 2 aromatic rings. The van der Waals surface area contributed by atoms with Crippen LogP contribution in [-0.2, 0) is 13.0 Å². The molecule has 7 nitrogen and oxygen atoms in total. The van der Waals surface area contributed by atoms with E-state index in [0.717, 1.165) is 34.6 Å². The number of imidazole rings is 1. The summed E-state index contributed by atoms with van der Waals surface area (Å²) < 4.78 is 7.77. The van der Waals surface area contributed by atoms with Gasteiger partial charge in [0, 0.05) is 24.4 Å².